The number of anilines is 1. The van der Waals surface area contributed by atoms with Crippen LogP contribution in [0, 0.1) is 0 Å². The maximum atomic E-state index is 12.6. The smallest absolute Gasteiger partial charge is 0.348 e. The Morgan fingerprint density at radius 3 is 2.68 bits per heavy atom. The van der Waals surface area contributed by atoms with Crippen LogP contribution in [0.3, 0.4) is 0 Å². The molecule has 11 heteroatoms. The fraction of sp³-hybridized carbons (Fsp3) is 0.0714. The molecule has 0 saturated carbocycles. The van der Waals surface area contributed by atoms with E-state index in [1.165, 1.54) is 12.4 Å². The van der Waals surface area contributed by atoms with Gasteiger partial charge >= 0.3 is 6.55 Å². The number of pyridine rings is 2. The van der Waals surface area contributed by atoms with Gasteiger partial charge in [0.05, 0.1) is 17.5 Å². The first-order valence-electron chi connectivity index (χ1n) is 7.04. The molecule has 4 aromatic rings. The topological polar surface area (TPSA) is 121 Å². The van der Waals surface area contributed by atoms with Crippen molar-refractivity contribution >= 4 is 17.0 Å². The molecule has 0 saturated heterocycles. The lowest BCUT2D eigenvalue weighted by Crippen LogP contribution is -2.02. The van der Waals surface area contributed by atoms with Gasteiger partial charge in [-0.25, -0.2) is 15.0 Å². The van der Waals surface area contributed by atoms with E-state index < -0.39 is 6.55 Å². The number of halogens is 2. The highest BCUT2D eigenvalue weighted by Crippen LogP contribution is 2.27. The van der Waals surface area contributed by atoms with Gasteiger partial charge in [0, 0.05) is 6.20 Å². The normalized spacial score (nSPS) is 11.5. The lowest BCUT2D eigenvalue weighted by molar-refractivity contribution is 0.0415. The number of alkyl halides is 2. The summed E-state index contributed by atoms with van der Waals surface area (Å²) in [6.45, 7) is -2.85. The number of aromatic nitrogens is 7. The number of hydrogen-bond donors (Lipinski definition) is 2. The van der Waals surface area contributed by atoms with Crippen molar-refractivity contribution in [1.82, 2.24) is 34.7 Å². The minimum Gasteiger partial charge on any atom is -0.425 e. The number of hydrogen-bond acceptors (Lipinski definition) is 7. The van der Waals surface area contributed by atoms with Gasteiger partial charge in [0.1, 0.15) is 17.0 Å². The zero-order valence-electron chi connectivity index (χ0n) is 12.5. The molecule has 0 amide bonds. The van der Waals surface area contributed by atoms with Crippen LogP contribution in [0.25, 0.3) is 33.9 Å². The molecule has 4 aromatic heterocycles. The monoisotopic (exact) mass is 344 g/mol. The first-order chi connectivity index (χ1) is 12.0. The number of rotatable bonds is 3. The minimum absolute atomic E-state index is 0.127. The van der Waals surface area contributed by atoms with Gasteiger partial charge in [0.15, 0.2) is 11.5 Å². The Bertz CT molecular complexity index is 1070. The summed E-state index contributed by atoms with van der Waals surface area (Å²) in [5, 5.41) is 17.5. The van der Waals surface area contributed by atoms with E-state index in [4.69, 9.17) is 5.73 Å². The predicted octanol–water partition coefficient (Wildman–Crippen LogP) is 1.97. The summed E-state index contributed by atoms with van der Waals surface area (Å²) >= 11 is 0. The Labute approximate surface area is 138 Å². The molecule has 0 atom stereocenters. The summed E-state index contributed by atoms with van der Waals surface area (Å²) in [5.41, 5.74) is 7.18. The van der Waals surface area contributed by atoms with E-state index in [2.05, 4.69) is 25.1 Å². The number of imidazole rings is 1. The fourth-order valence-electron chi connectivity index (χ4n) is 2.36. The second-order valence-electron chi connectivity index (χ2n) is 5.05. The number of nitrogens with zero attached hydrogens (tertiary/aromatic N) is 7. The van der Waals surface area contributed by atoms with Gasteiger partial charge in [-0.1, -0.05) is 0 Å². The summed E-state index contributed by atoms with van der Waals surface area (Å²) in [6, 6.07) is 6.45. The molecule has 4 rings (SSSR count). The van der Waals surface area contributed by atoms with E-state index in [0.29, 0.717) is 11.1 Å². The molecular formula is C14H10F2N8O. The lowest BCUT2D eigenvalue weighted by atomic mass is 10.2. The third-order valence-corrected chi connectivity index (χ3v) is 3.51. The summed E-state index contributed by atoms with van der Waals surface area (Å²) in [7, 11) is 0. The Morgan fingerprint density at radius 2 is 1.96 bits per heavy atom. The van der Waals surface area contributed by atoms with Crippen LogP contribution >= 0.6 is 0 Å². The van der Waals surface area contributed by atoms with Gasteiger partial charge < -0.3 is 10.9 Å². The molecule has 126 valence electrons. The quantitative estimate of drug-likeness (QED) is 0.545. The summed E-state index contributed by atoms with van der Waals surface area (Å²) in [6.07, 6.45) is 2.68. The molecule has 0 bridgehead atoms. The van der Waals surface area contributed by atoms with Crippen LogP contribution in [-0.2, 0) is 0 Å². The third-order valence-electron chi connectivity index (χ3n) is 3.51. The highest BCUT2D eigenvalue weighted by molar-refractivity contribution is 5.81. The van der Waals surface area contributed by atoms with E-state index in [-0.39, 0.29) is 33.5 Å². The van der Waals surface area contributed by atoms with Gasteiger partial charge in [-0.2, -0.15) is 13.9 Å². The van der Waals surface area contributed by atoms with Crippen molar-refractivity contribution in [3.05, 3.63) is 36.7 Å². The van der Waals surface area contributed by atoms with Crippen molar-refractivity contribution in [1.29, 1.82) is 0 Å². The summed E-state index contributed by atoms with van der Waals surface area (Å²) < 4.78 is 25.9. The van der Waals surface area contributed by atoms with Crippen LogP contribution in [0.5, 0.6) is 0 Å². The Balaban J connectivity index is 1.83. The van der Waals surface area contributed by atoms with E-state index in [0.717, 1.165) is 4.73 Å². The van der Waals surface area contributed by atoms with Gasteiger partial charge in [-0.15, -0.1) is 14.6 Å². The van der Waals surface area contributed by atoms with Crippen molar-refractivity contribution in [2.45, 2.75) is 6.55 Å². The van der Waals surface area contributed by atoms with Gasteiger partial charge in [0.2, 0.25) is 0 Å². The first-order valence-corrected chi connectivity index (χ1v) is 7.04. The molecule has 0 unspecified atom stereocenters. The second kappa shape index (κ2) is 5.47. The molecule has 3 N–H and O–H groups in total. The van der Waals surface area contributed by atoms with Crippen molar-refractivity contribution < 1.29 is 14.0 Å². The van der Waals surface area contributed by atoms with Crippen LogP contribution in [-0.4, -0.2) is 39.9 Å². The van der Waals surface area contributed by atoms with E-state index >= 15 is 0 Å². The van der Waals surface area contributed by atoms with Gasteiger partial charge in [-0.05, 0) is 24.3 Å². The maximum Gasteiger partial charge on any atom is 0.348 e. The van der Waals surface area contributed by atoms with Gasteiger partial charge in [0.25, 0.3) is 0 Å². The average molecular weight is 344 g/mol. The van der Waals surface area contributed by atoms with Crippen molar-refractivity contribution in [2.75, 3.05) is 5.73 Å². The lowest BCUT2D eigenvalue weighted by Gasteiger charge is -2.03. The molecule has 0 aromatic carbocycles. The van der Waals surface area contributed by atoms with Crippen LogP contribution in [0.2, 0.25) is 0 Å². The maximum absolute atomic E-state index is 12.6. The standard InChI is InChI=1S/C14H10F2N8O/c15-14(16)24-19-6-10(22-24)8-3-4-9-13(20-8)23(25)12(21-9)7-2-1-5-18-11(7)17/h1-6,14,25H,(H2,17,18). The number of fused-ring (bicyclic) bond motifs is 1. The van der Waals surface area contributed by atoms with E-state index in [1.54, 1.807) is 24.3 Å². The van der Waals surface area contributed by atoms with Crippen molar-refractivity contribution in [3.8, 4) is 22.8 Å². The van der Waals surface area contributed by atoms with Crippen molar-refractivity contribution in [2.24, 2.45) is 0 Å². The highest BCUT2D eigenvalue weighted by atomic mass is 19.3. The zero-order chi connectivity index (χ0) is 17.6. The molecule has 25 heavy (non-hydrogen) atoms. The Kier molecular flexibility index (Phi) is 3.27. The molecule has 0 radical (unpaired) electrons. The Hall–Kier alpha value is -3.63. The van der Waals surface area contributed by atoms with E-state index in [9.17, 15) is 14.0 Å². The molecule has 0 spiro atoms. The molecule has 0 aliphatic heterocycles. The average Bonchev–Trinajstić information content (AvgIpc) is 3.21. The third kappa shape index (κ3) is 2.41. The Morgan fingerprint density at radius 1 is 1.12 bits per heavy atom. The largest absolute Gasteiger partial charge is 0.425 e. The number of nitrogen functional groups attached to an aromatic ring is 1. The van der Waals surface area contributed by atoms with Crippen LogP contribution in [0.4, 0.5) is 14.6 Å². The second-order valence-corrected chi connectivity index (χ2v) is 5.05. The van der Waals surface area contributed by atoms with Gasteiger partial charge in [-0.3, -0.25) is 0 Å². The SMILES string of the molecule is Nc1ncccc1-c1nc2ccc(-c3cnn(C(F)F)n3)nc2n1O. The molecule has 0 fully saturated rings. The molecule has 0 aliphatic carbocycles. The molecule has 4 heterocycles. The van der Waals surface area contributed by atoms with E-state index in [1.807, 2.05) is 0 Å². The minimum atomic E-state index is -2.85. The molecular weight excluding hydrogens is 334 g/mol. The van der Waals surface area contributed by atoms with Crippen molar-refractivity contribution in [3.63, 3.8) is 0 Å². The summed E-state index contributed by atoms with van der Waals surface area (Å²) in [4.78, 5) is 12.7. The molecule has 9 nitrogen and oxygen atoms in total. The van der Waals surface area contributed by atoms with Crippen LogP contribution < -0.4 is 5.73 Å². The summed E-state index contributed by atoms with van der Waals surface area (Å²) in [5.74, 6) is 0.370. The number of nitrogens with two attached hydrogens (primary N) is 1. The molecule has 0 aliphatic rings. The van der Waals surface area contributed by atoms with Crippen LogP contribution in [0.1, 0.15) is 6.55 Å². The zero-order valence-corrected chi connectivity index (χ0v) is 12.5. The fourth-order valence-corrected chi connectivity index (χ4v) is 2.36. The predicted molar refractivity (Wildman–Crippen MR) is 82.6 cm³/mol. The van der Waals surface area contributed by atoms with Crippen LogP contribution in [0.15, 0.2) is 36.7 Å². The highest BCUT2D eigenvalue weighted by Gasteiger charge is 2.18. The first kappa shape index (κ1) is 14.9.